The van der Waals surface area contributed by atoms with Crippen molar-refractivity contribution in [2.75, 3.05) is 6.61 Å². The Labute approximate surface area is 126 Å². The van der Waals surface area contributed by atoms with E-state index in [0.717, 1.165) is 12.1 Å². The molecule has 0 saturated carbocycles. The predicted molar refractivity (Wildman–Crippen MR) is 80.6 cm³/mol. The summed E-state index contributed by atoms with van der Waals surface area (Å²) in [7, 11) is 0. The number of fused-ring (bicyclic) bond motifs is 1. The largest absolute Gasteiger partial charge is 0.505 e. The number of esters is 1. The Morgan fingerprint density at radius 1 is 1.36 bits per heavy atom. The summed E-state index contributed by atoms with van der Waals surface area (Å²) < 4.78 is 19.5. The second-order valence-corrected chi connectivity index (χ2v) is 5.42. The van der Waals surface area contributed by atoms with Crippen LogP contribution >= 0.6 is 0 Å². The first-order valence-electron chi connectivity index (χ1n) is 7.09. The van der Waals surface area contributed by atoms with Crippen molar-refractivity contribution in [3.8, 4) is 5.75 Å². The van der Waals surface area contributed by atoms with Gasteiger partial charge in [-0.05, 0) is 31.0 Å². The fourth-order valence-electron chi connectivity index (χ4n) is 2.35. The standard InChI is InChI=1S/C16H18FNO4/c1-4-22-16(21)13-14(19)12-7-10(17)5-6-11(12)15(20)18(13)8-9(2)3/h5-7,9,19H,4,8H2,1-3H3. The zero-order valence-electron chi connectivity index (χ0n) is 12.7. The van der Waals surface area contributed by atoms with Crippen molar-refractivity contribution in [2.45, 2.75) is 27.3 Å². The van der Waals surface area contributed by atoms with Gasteiger partial charge in [-0.1, -0.05) is 13.8 Å². The van der Waals surface area contributed by atoms with Gasteiger partial charge in [0.15, 0.2) is 11.4 Å². The Hall–Kier alpha value is -2.37. The van der Waals surface area contributed by atoms with E-state index in [0.29, 0.717) is 0 Å². The Bertz CT molecular complexity index is 780. The van der Waals surface area contributed by atoms with Crippen molar-refractivity contribution >= 4 is 16.7 Å². The van der Waals surface area contributed by atoms with Gasteiger partial charge in [-0.2, -0.15) is 0 Å². The van der Waals surface area contributed by atoms with Crippen molar-refractivity contribution in [1.82, 2.24) is 4.57 Å². The summed E-state index contributed by atoms with van der Waals surface area (Å²) in [6, 6.07) is 3.49. The molecule has 0 aliphatic rings. The average Bonchev–Trinajstić information content (AvgIpc) is 2.44. The molecular formula is C16H18FNO4. The molecule has 0 aliphatic carbocycles. The number of aromatic nitrogens is 1. The number of aromatic hydroxyl groups is 1. The van der Waals surface area contributed by atoms with Crippen LogP contribution < -0.4 is 5.56 Å². The molecule has 2 rings (SSSR count). The highest BCUT2D eigenvalue weighted by Crippen LogP contribution is 2.28. The number of halogens is 1. The molecule has 0 radical (unpaired) electrons. The second kappa shape index (κ2) is 6.17. The highest BCUT2D eigenvalue weighted by atomic mass is 19.1. The van der Waals surface area contributed by atoms with E-state index in [-0.39, 0.29) is 35.5 Å². The lowest BCUT2D eigenvalue weighted by molar-refractivity contribution is 0.0507. The molecule has 0 amide bonds. The van der Waals surface area contributed by atoms with Crippen LogP contribution in [0.3, 0.4) is 0 Å². The van der Waals surface area contributed by atoms with Crippen molar-refractivity contribution in [1.29, 1.82) is 0 Å². The molecule has 0 spiro atoms. The average molecular weight is 307 g/mol. The third kappa shape index (κ3) is 2.81. The van der Waals surface area contributed by atoms with Crippen LogP contribution in [0.25, 0.3) is 10.8 Å². The van der Waals surface area contributed by atoms with Crippen LogP contribution in [0, 0.1) is 11.7 Å². The summed E-state index contributed by atoms with van der Waals surface area (Å²) in [5.41, 5.74) is -0.691. The molecule has 1 aromatic heterocycles. The van der Waals surface area contributed by atoms with Gasteiger partial charge in [-0.3, -0.25) is 9.36 Å². The van der Waals surface area contributed by atoms with Crippen molar-refractivity contribution in [2.24, 2.45) is 5.92 Å². The van der Waals surface area contributed by atoms with Gasteiger partial charge in [0.1, 0.15) is 5.82 Å². The quantitative estimate of drug-likeness (QED) is 0.882. The number of rotatable bonds is 4. The summed E-state index contributed by atoms with van der Waals surface area (Å²) in [4.78, 5) is 24.7. The lowest BCUT2D eigenvalue weighted by Crippen LogP contribution is -2.29. The number of carbonyl (C=O) groups excluding carboxylic acids is 1. The van der Waals surface area contributed by atoms with Crippen LogP contribution in [-0.2, 0) is 11.3 Å². The first-order chi connectivity index (χ1) is 10.4. The SMILES string of the molecule is CCOC(=O)c1c(O)c2cc(F)ccc2c(=O)n1CC(C)C. The number of nitrogens with zero attached hydrogens (tertiary/aromatic N) is 1. The first-order valence-corrected chi connectivity index (χ1v) is 7.09. The number of pyridine rings is 1. The van der Waals surface area contributed by atoms with Gasteiger partial charge < -0.3 is 9.84 Å². The molecule has 1 N–H and O–H groups in total. The Morgan fingerprint density at radius 3 is 2.64 bits per heavy atom. The van der Waals surface area contributed by atoms with Gasteiger partial charge in [0.2, 0.25) is 0 Å². The van der Waals surface area contributed by atoms with E-state index in [1.54, 1.807) is 6.92 Å². The van der Waals surface area contributed by atoms with Crippen LogP contribution in [0.5, 0.6) is 5.75 Å². The van der Waals surface area contributed by atoms with Gasteiger partial charge in [-0.25, -0.2) is 9.18 Å². The molecule has 1 aromatic carbocycles. The third-order valence-corrected chi connectivity index (χ3v) is 3.22. The zero-order chi connectivity index (χ0) is 16.4. The molecule has 1 heterocycles. The molecule has 5 nitrogen and oxygen atoms in total. The Morgan fingerprint density at radius 2 is 2.05 bits per heavy atom. The second-order valence-electron chi connectivity index (χ2n) is 5.42. The lowest BCUT2D eigenvalue weighted by Gasteiger charge is -2.17. The van der Waals surface area contributed by atoms with E-state index in [1.165, 1.54) is 10.6 Å². The van der Waals surface area contributed by atoms with E-state index >= 15 is 0 Å². The highest BCUT2D eigenvalue weighted by molar-refractivity contribution is 5.99. The molecule has 0 aliphatic heterocycles. The van der Waals surface area contributed by atoms with E-state index < -0.39 is 23.1 Å². The van der Waals surface area contributed by atoms with Gasteiger partial charge in [0.05, 0.1) is 12.0 Å². The summed E-state index contributed by atoms with van der Waals surface area (Å²) in [5, 5.41) is 10.5. The maximum atomic E-state index is 13.4. The number of hydrogen-bond acceptors (Lipinski definition) is 4. The van der Waals surface area contributed by atoms with Crippen molar-refractivity contribution in [3.63, 3.8) is 0 Å². The zero-order valence-corrected chi connectivity index (χ0v) is 12.7. The molecular weight excluding hydrogens is 289 g/mol. The fourth-order valence-corrected chi connectivity index (χ4v) is 2.35. The van der Waals surface area contributed by atoms with E-state index in [1.807, 2.05) is 13.8 Å². The minimum atomic E-state index is -0.802. The molecule has 0 atom stereocenters. The molecule has 118 valence electrons. The minimum Gasteiger partial charge on any atom is -0.505 e. The van der Waals surface area contributed by atoms with E-state index in [2.05, 4.69) is 0 Å². The minimum absolute atomic E-state index is 0.00746. The summed E-state index contributed by atoms with van der Waals surface area (Å²) in [6.45, 7) is 5.74. The Kier molecular flexibility index (Phi) is 4.49. The lowest BCUT2D eigenvalue weighted by atomic mass is 10.1. The monoisotopic (exact) mass is 307 g/mol. The molecule has 2 aromatic rings. The van der Waals surface area contributed by atoms with Gasteiger partial charge >= 0.3 is 5.97 Å². The normalized spacial score (nSPS) is 11.1. The molecule has 0 unspecified atom stereocenters. The maximum Gasteiger partial charge on any atom is 0.358 e. The number of ether oxygens (including phenoxy) is 1. The van der Waals surface area contributed by atoms with Gasteiger partial charge in [0.25, 0.3) is 5.56 Å². The molecule has 0 bridgehead atoms. The van der Waals surface area contributed by atoms with Crippen molar-refractivity contribution < 1.29 is 19.0 Å². The highest BCUT2D eigenvalue weighted by Gasteiger charge is 2.23. The molecule has 0 fully saturated rings. The van der Waals surface area contributed by atoms with Gasteiger partial charge in [-0.15, -0.1) is 0 Å². The summed E-state index contributed by atoms with van der Waals surface area (Å²) >= 11 is 0. The molecule has 22 heavy (non-hydrogen) atoms. The number of benzene rings is 1. The van der Waals surface area contributed by atoms with Crippen LogP contribution in [0.1, 0.15) is 31.3 Å². The topological polar surface area (TPSA) is 68.5 Å². The van der Waals surface area contributed by atoms with Crippen molar-refractivity contribution in [3.05, 3.63) is 40.1 Å². The number of hydrogen-bond donors (Lipinski definition) is 1. The molecule has 0 saturated heterocycles. The summed E-state index contributed by atoms with van der Waals surface area (Å²) in [6.07, 6.45) is 0. The van der Waals surface area contributed by atoms with Crippen LogP contribution in [0.2, 0.25) is 0 Å². The smallest absolute Gasteiger partial charge is 0.358 e. The predicted octanol–water partition coefficient (Wildman–Crippen LogP) is 2.68. The molecule has 6 heteroatoms. The van der Waals surface area contributed by atoms with Gasteiger partial charge in [0, 0.05) is 11.9 Å². The summed E-state index contributed by atoms with van der Waals surface area (Å²) in [5.74, 6) is -1.76. The first kappa shape index (κ1) is 16.0. The van der Waals surface area contributed by atoms with Crippen LogP contribution in [-0.4, -0.2) is 22.2 Å². The van der Waals surface area contributed by atoms with Crippen LogP contribution in [0.4, 0.5) is 4.39 Å². The number of carbonyl (C=O) groups is 1. The Balaban J connectivity index is 2.85. The fraction of sp³-hybridized carbons (Fsp3) is 0.375. The van der Waals surface area contributed by atoms with E-state index in [9.17, 15) is 19.1 Å². The maximum absolute atomic E-state index is 13.4. The van der Waals surface area contributed by atoms with Crippen LogP contribution in [0.15, 0.2) is 23.0 Å². The van der Waals surface area contributed by atoms with E-state index in [4.69, 9.17) is 4.74 Å². The third-order valence-electron chi connectivity index (χ3n) is 3.22.